The van der Waals surface area contributed by atoms with E-state index in [0.717, 1.165) is 21.4 Å². The second-order valence-corrected chi connectivity index (χ2v) is 8.77. The van der Waals surface area contributed by atoms with Gasteiger partial charge in [-0.2, -0.15) is 9.78 Å². The van der Waals surface area contributed by atoms with E-state index in [1.54, 1.807) is 4.90 Å². The Kier molecular flexibility index (Phi) is 4.43. The maximum absolute atomic E-state index is 13.2. The van der Waals surface area contributed by atoms with Gasteiger partial charge in [-0.1, -0.05) is 13.8 Å². The molecule has 0 saturated heterocycles. The molecule has 10 heteroatoms. The number of nitrogens with zero attached hydrogens (tertiary/aromatic N) is 4. The van der Waals surface area contributed by atoms with Crippen molar-refractivity contribution >= 4 is 34.6 Å². The predicted octanol–water partition coefficient (Wildman–Crippen LogP) is 2.69. The highest BCUT2D eigenvalue weighted by Gasteiger charge is 2.55. The summed E-state index contributed by atoms with van der Waals surface area (Å²) < 4.78 is 0.903. The molecule has 33 heavy (non-hydrogen) atoms. The SMILES string of the molecule is CCN1C(=O)C(CC)(CC)c2cc3[nH]c(-c4[c]c(C5(C(=O)O)CC5)n(C(N)=O)n4)nc3cc21. The van der Waals surface area contributed by atoms with Gasteiger partial charge in [-0.25, -0.2) is 9.78 Å². The van der Waals surface area contributed by atoms with E-state index in [1.165, 1.54) is 0 Å². The van der Waals surface area contributed by atoms with Gasteiger partial charge in [0.15, 0.2) is 5.82 Å². The Hall–Kier alpha value is -3.69. The normalized spacial score (nSPS) is 18.0. The Morgan fingerprint density at radius 3 is 2.48 bits per heavy atom. The number of carbonyl (C=O) groups excluding carboxylic acids is 2. The van der Waals surface area contributed by atoms with Crippen molar-refractivity contribution in [3.05, 3.63) is 29.5 Å². The second-order valence-electron chi connectivity index (χ2n) is 8.77. The van der Waals surface area contributed by atoms with Crippen LogP contribution in [0.1, 0.15) is 57.7 Å². The molecule has 1 saturated carbocycles. The first-order chi connectivity index (χ1) is 15.7. The third kappa shape index (κ3) is 2.69. The molecular weight excluding hydrogens is 424 g/mol. The Balaban J connectivity index is 1.65. The zero-order valence-electron chi connectivity index (χ0n) is 18.7. The van der Waals surface area contributed by atoms with E-state index >= 15 is 0 Å². The average Bonchev–Trinajstić information content (AvgIpc) is 3.21. The number of amides is 2. The van der Waals surface area contributed by atoms with E-state index in [1.807, 2.05) is 32.9 Å². The molecule has 0 spiro atoms. The number of hydrogen-bond acceptors (Lipinski definition) is 5. The number of anilines is 1. The van der Waals surface area contributed by atoms with E-state index in [2.05, 4.69) is 21.1 Å². The van der Waals surface area contributed by atoms with E-state index in [4.69, 9.17) is 5.73 Å². The number of aliphatic carboxylic acids is 1. The summed E-state index contributed by atoms with van der Waals surface area (Å²) in [6.07, 6.45) is 2.16. The Morgan fingerprint density at radius 1 is 1.24 bits per heavy atom. The van der Waals surface area contributed by atoms with Crippen molar-refractivity contribution in [2.45, 2.75) is 57.3 Å². The number of fused-ring (bicyclic) bond motifs is 2. The smallest absolute Gasteiger partial charge is 0.339 e. The number of benzene rings is 1. The van der Waals surface area contributed by atoms with Gasteiger partial charge < -0.3 is 20.7 Å². The second kappa shape index (κ2) is 6.90. The Labute approximate surface area is 189 Å². The Morgan fingerprint density at radius 2 is 1.94 bits per heavy atom. The van der Waals surface area contributed by atoms with Crippen LogP contribution in [0.15, 0.2) is 12.1 Å². The molecular formula is C23H25N6O4. The Bertz CT molecular complexity index is 1330. The summed E-state index contributed by atoms with van der Waals surface area (Å²) in [4.78, 5) is 46.6. The monoisotopic (exact) mass is 449 g/mol. The van der Waals surface area contributed by atoms with Crippen molar-refractivity contribution in [1.29, 1.82) is 0 Å². The number of carbonyl (C=O) groups is 3. The molecule has 0 bridgehead atoms. The fourth-order valence-electron chi connectivity index (χ4n) is 5.10. The van der Waals surface area contributed by atoms with Crippen molar-refractivity contribution in [3.63, 3.8) is 0 Å². The number of aromatic amines is 1. The quantitative estimate of drug-likeness (QED) is 0.527. The molecule has 1 aliphatic heterocycles. The summed E-state index contributed by atoms with van der Waals surface area (Å²) >= 11 is 0. The molecule has 0 atom stereocenters. The highest BCUT2D eigenvalue weighted by molar-refractivity contribution is 6.10. The first kappa shape index (κ1) is 21.2. The molecule has 171 valence electrons. The third-order valence-corrected chi connectivity index (χ3v) is 7.28. The molecule has 1 fully saturated rings. The van der Waals surface area contributed by atoms with Crippen molar-refractivity contribution in [2.75, 3.05) is 11.4 Å². The largest absolute Gasteiger partial charge is 0.481 e. The summed E-state index contributed by atoms with van der Waals surface area (Å²) in [5.41, 5.74) is 7.23. The molecule has 2 aliphatic rings. The summed E-state index contributed by atoms with van der Waals surface area (Å²) in [6.45, 7) is 6.56. The van der Waals surface area contributed by atoms with E-state index in [-0.39, 0.29) is 17.3 Å². The number of rotatable bonds is 6. The van der Waals surface area contributed by atoms with Crippen LogP contribution in [-0.4, -0.2) is 49.3 Å². The fourth-order valence-corrected chi connectivity index (χ4v) is 5.10. The molecule has 10 nitrogen and oxygen atoms in total. The molecule has 1 aromatic carbocycles. The summed E-state index contributed by atoms with van der Waals surface area (Å²) in [6, 6.07) is 5.95. The van der Waals surface area contributed by atoms with Crippen LogP contribution in [0, 0.1) is 6.07 Å². The van der Waals surface area contributed by atoms with Crippen LogP contribution in [0.2, 0.25) is 0 Å². The zero-order chi connectivity index (χ0) is 23.7. The van der Waals surface area contributed by atoms with Crippen LogP contribution in [0.3, 0.4) is 0 Å². The van der Waals surface area contributed by atoms with Crippen LogP contribution < -0.4 is 10.6 Å². The molecule has 1 radical (unpaired) electrons. The van der Waals surface area contributed by atoms with Crippen LogP contribution in [0.25, 0.3) is 22.6 Å². The van der Waals surface area contributed by atoms with Gasteiger partial charge in [-0.15, -0.1) is 0 Å². The number of likely N-dealkylation sites (N-methyl/N-ethyl adjacent to an activating group) is 1. The molecule has 2 aromatic heterocycles. The maximum Gasteiger partial charge on any atom is 0.339 e. The van der Waals surface area contributed by atoms with Gasteiger partial charge in [0.2, 0.25) is 5.91 Å². The van der Waals surface area contributed by atoms with Gasteiger partial charge in [-0.05, 0) is 50.3 Å². The number of aromatic nitrogens is 4. The third-order valence-electron chi connectivity index (χ3n) is 7.28. The van der Waals surface area contributed by atoms with E-state index < -0.39 is 22.8 Å². The van der Waals surface area contributed by atoms with Gasteiger partial charge in [0, 0.05) is 12.6 Å². The van der Waals surface area contributed by atoms with Gasteiger partial charge in [-0.3, -0.25) is 9.59 Å². The van der Waals surface area contributed by atoms with Crippen molar-refractivity contribution < 1.29 is 19.5 Å². The summed E-state index contributed by atoms with van der Waals surface area (Å²) in [5, 5.41) is 13.9. The molecule has 2 amide bonds. The summed E-state index contributed by atoms with van der Waals surface area (Å²) in [7, 11) is 0. The lowest BCUT2D eigenvalue weighted by atomic mass is 9.77. The van der Waals surface area contributed by atoms with Crippen molar-refractivity contribution in [1.82, 2.24) is 19.7 Å². The maximum atomic E-state index is 13.2. The first-order valence-electron chi connectivity index (χ1n) is 11.1. The fraction of sp³-hybridized carbons (Fsp3) is 0.435. The van der Waals surface area contributed by atoms with Crippen LogP contribution in [0.5, 0.6) is 0 Å². The minimum Gasteiger partial charge on any atom is -0.481 e. The first-order valence-corrected chi connectivity index (χ1v) is 11.1. The lowest BCUT2D eigenvalue weighted by Gasteiger charge is -2.25. The predicted molar refractivity (Wildman–Crippen MR) is 120 cm³/mol. The van der Waals surface area contributed by atoms with Crippen molar-refractivity contribution in [2.24, 2.45) is 5.73 Å². The number of nitrogens with two attached hydrogens (primary N) is 1. The highest BCUT2D eigenvalue weighted by Crippen LogP contribution is 2.49. The van der Waals surface area contributed by atoms with Gasteiger partial charge in [0.1, 0.15) is 11.1 Å². The number of primary amides is 1. The van der Waals surface area contributed by atoms with Gasteiger partial charge in [0.05, 0.1) is 27.8 Å². The number of nitrogens with one attached hydrogen (secondary N) is 1. The highest BCUT2D eigenvalue weighted by atomic mass is 16.4. The summed E-state index contributed by atoms with van der Waals surface area (Å²) in [5.74, 6) is -0.572. The van der Waals surface area contributed by atoms with Crippen molar-refractivity contribution in [3.8, 4) is 11.5 Å². The number of hydrogen-bond donors (Lipinski definition) is 3. The molecule has 5 rings (SSSR count). The lowest BCUT2D eigenvalue weighted by Crippen LogP contribution is -2.39. The number of carboxylic acids is 1. The molecule has 3 aromatic rings. The molecule has 3 heterocycles. The van der Waals surface area contributed by atoms with Gasteiger partial charge in [0.25, 0.3) is 0 Å². The lowest BCUT2D eigenvalue weighted by molar-refractivity contribution is -0.140. The van der Waals surface area contributed by atoms with Gasteiger partial charge >= 0.3 is 12.0 Å². The van der Waals surface area contributed by atoms with Crippen LogP contribution >= 0.6 is 0 Å². The molecule has 0 unspecified atom stereocenters. The van der Waals surface area contributed by atoms with E-state index in [0.29, 0.717) is 43.6 Å². The molecule has 1 aliphatic carbocycles. The molecule has 4 N–H and O–H groups in total. The number of carboxylic acid groups (broad SMARTS) is 1. The number of H-pyrrole nitrogens is 1. The van der Waals surface area contributed by atoms with E-state index in [9.17, 15) is 19.5 Å². The standard InChI is InChI=1S/C23H25N6O4/c1-4-22(5-2)12-9-13-14(10-16(12)28(6-3)19(22)30)26-18(25-13)15-11-17(29(27-15)21(24)33)23(7-8-23)20(31)32/h9-10H,4-8H2,1-3H3,(H2,24,33)(H,25,26)(H,31,32). The minimum atomic E-state index is -1.20. The number of imidazole rings is 1. The van der Waals surface area contributed by atoms with Crippen LogP contribution in [0.4, 0.5) is 10.5 Å². The topological polar surface area (TPSA) is 147 Å². The zero-order valence-corrected chi connectivity index (χ0v) is 18.7. The average molecular weight is 449 g/mol. The van der Waals surface area contributed by atoms with Crippen LogP contribution in [-0.2, 0) is 20.4 Å². The minimum absolute atomic E-state index is 0.111.